The zero-order valence-electron chi connectivity index (χ0n) is 14.0. The minimum atomic E-state index is -0.396. The summed E-state index contributed by atoms with van der Waals surface area (Å²) < 4.78 is 11.4. The van der Waals surface area contributed by atoms with Crippen LogP contribution >= 0.6 is 0 Å². The Morgan fingerprint density at radius 1 is 1.48 bits per heavy atom. The SMILES string of the molecule is CCOC(=O)c1ccc(O)c2c1OC(C)([C@H]1CC=C(C)CC1)C2. The lowest BCUT2D eigenvalue weighted by Crippen LogP contribution is -2.40. The number of benzene rings is 1. The average Bonchev–Trinajstić information content (AvgIpc) is 2.88. The van der Waals surface area contributed by atoms with Gasteiger partial charge in [-0.05, 0) is 52.2 Å². The van der Waals surface area contributed by atoms with Crippen LogP contribution in [-0.4, -0.2) is 23.3 Å². The maximum absolute atomic E-state index is 12.2. The van der Waals surface area contributed by atoms with Gasteiger partial charge in [0.15, 0.2) is 0 Å². The molecule has 2 aliphatic rings. The molecule has 1 aliphatic carbocycles. The fourth-order valence-electron chi connectivity index (χ4n) is 3.64. The van der Waals surface area contributed by atoms with Gasteiger partial charge in [0.05, 0.1) is 6.61 Å². The van der Waals surface area contributed by atoms with Gasteiger partial charge in [-0.15, -0.1) is 0 Å². The summed E-state index contributed by atoms with van der Waals surface area (Å²) >= 11 is 0. The second kappa shape index (κ2) is 5.91. The molecule has 1 N–H and O–H groups in total. The molecule has 1 aromatic rings. The molecule has 23 heavy (non-hydrogen) atoms. The van der Waals surface area contributed by atoms with Gasteiger partial charge in [-0.3, -0.25) is 0 Å². The lowest BCUT2D eigenvalue weighted by molar-refractivity contribution is 0.0376. The number of carbonyl (C=O) groups is 1. The van der Waals surface area contributed by atoms with Crippen LogP contribution in [0.2, 0.25) is 0 Å². The average molecular weight is 316 g/mol. The largest absolute Gasteiger partial charge is 0.508 e. The smallest absolute Gasteiger partial charge is 0.341 e. The first-order chi connectivity index (χ1) is 10.9. The van der Waals surface area contributed by atoms with Gasteiger partial charge in [0.25, 0.3) is 0 Å². The van der Waals surface area contributed by atoms with E-state index >= 15 is 0 Å². The summed E-state index contributed by atoms with van der Waals surface area (Å²) in [7, 11) is 0. The topological polar surface area (TPSA) is 55.8 Å². The summed E-state index contributed by atoms with van der Waals surface area (Å²) in [4.78, 5) is 12.2. The minimum Gasteiger partial charge on any atom is -0.508 e. The van der Waals surface area contributed by atoms with Gasteiger partial charge in [0.2, 0.25) is 0 Å². The summed E-state index contributed by atoms with van der Waals surface area (Å²) in [5.41, 5.74) is 2.17. The number of esters is 1. The van der Waals surface area contributed by atoms with Crippen LogP contribution in [0.4, 0.5) is 0 Å². The first-order valence-corrected chi connectivity index (χ1v) is 8.31. The predicted molar refractivity (Wildman–Crippen MR) is 87.9 cm³/mol. The van der Waals surface area contributed by atoms with Crippen LogP contribution in [0, 0.1) is 5.92 Å². The first kappa shape index (κ1) is 15.9. The first-order valence-electron chi connectivity index (χ1n) is 8.31. The van der Waals surface area contributed by atoms with Gasteiger partial charge in [0.1, 0.15) is 22.7 Å². The number of hydrogen-bond donors (Lipinski definition) is 1. The van der Waals surface area contributed by atoms with Gasteiger partial charge in [-0.1, -0.05) is 11.6 Å². The van der Waals surface area contributed by atoms with E-state index in [4.69, 9.17) is 9.47 Å². The fourth-order valence-corrected chi connectivity index (χ4v) is 3.64. The predicted octanol–water partition coefficient (Wildman–Crippen LogP) is 4.01. The number of ether oxygens (including phenoxy) is 2. The van der Waals surface area contributed by atoms with Gasteiger partial charge in [-0.2, -0.15) is 0 Å². The van der Waals surface area contributed by atoms with Crippen LogP contribution in [0.25, 0.3) is 0 Å². The highest BCUT2D eigenvalue weighted by atomic mass is 16.5. The highest BCUT2D eigenvalue weighted by molar-refractivity contribution is 5.93. The van der Waals surface area contributed by atoms with E-state index in [1.807, 2.05) is 0 Å². The van der Waals surface area contributed by atoms with E-state index in [0.29, 0.717) is 30.3 Å². The van der Waals surface area contributed by atoms with E-state index in [1.54, 1.807) is 19.1 Å². The maximum Gasteiger partial charge on any atom is 0.341 e. The summed E-state index contributed by atoms with van der Waals surface area (Å²) in [6.45, 7) is 6.34. The monoisotopic (exact) mass is 316 g/mol. The number of phenolic OH excluding ortho intramolecular Hbond substituents is 1. The molecule has 124 valence electrons. The molecule has 3 rings (SSSR count). The maximum atomic E-state index is 12.2. The summed E-state index contributed by atoms with van der Waals surface area (Å²) in [6.07, 6.45) is 6.03. The Bertz CT molecular complexity index is 662. The number of carbonyl (C=O) groups excluding carboxylic acids is 1. The molecule has 0 spiro atoms. The fraction of sp³-hybridized carbons (Fsp3) is 0.526. The van der Waals surface area contributed by atoms with Crippen LogP contribution in [0.1, 0.15) is 56.0 Å². The molecule has 0 amide bonds. The minimum absolute atomic E-state index is 0.194. The molecule has 1 aromatic carbocycles. The third-order valence-electron chi connectivity index (χ3n) is 5.10. The zero-order chi connectivity index (χ0) is 16.6. The molecule has 0 aromatic heterocycles. The highest BCUT2D eigenvalue weighted by Crippen LogP contribution is 2.48. The lowest BCUT2D eigenvalue weighted by atomic mass is 9.76. The Kier molecular flexibility index (Phi) is 4.09. The highest BCUT2D eigenvalue weighted by Gasteiger charge is 2.44. The molecule has 2 atom stereocenters. The van der Waals surface area contributed by atoms with E-state index in [0.717, 1.165) is 24.8 Å². The Morgan fingerprint density at radius 2 is 2.26 bits per heavy atom. The Balaban J connectivity index is 1.92. The molecule has 4 nitrogen and oxygen atoms in total. The third kappa shape index (κ3) is 2.82. The van der Waals surface area contributed by atoms with E-state index < -0.39 is 5.97 Å². The zero-order valence-corrected chi connectivity index (χ0v) is 14.0. The molecule has 1 unspecified atom stereocenters. The normalized spacial score (nSPS) is 26.2. The standard InChI is InChI=1S/C19H24O4/c1-4-22-18(21)14-9-10-16(20)15-11-19(3,23-17(14)15)13-7-5-12(2)6-8-13/h5,9-10,13,20H,4,6-8,11H2,1-3H3/t13-,19?/m0/s1. The van der Waals surface area contributed by atoms with Crippen molar-refractivity contribution < 1.29 is 19.4 Å². The number of hydrogen-bond acceptors (Lipinski definition) is 4. The third-order valence-corrected chi connectivity index (χ3v) is 5.10. The van der Waals surface area contributed by atoms with Crippen LogP contribution in [0.15, 0.2) is 23.8 Å². The lowest BCUT2D eigenvalue weighted by Gasteiger charge is -2.35. The van der Waals surface area contributed by atoms with E-state index in [9.17, 15) is 9.90 Å². The Hall–Kier alpha value is -1.97. The van der Waals surface area contributed by atoms with Gasteiger partial charge in [0, 0.05) is 17.9 Å². The number of aromatic hydroxyl groups is 1. The molecule has 0 saturated heterocycles. The number of phenols is 1. The van der Waals surface area contributed by atoms with Crippen molar-refractivity contribution in [3.05, 3.63) is 34.9 Å². The summed E-state index contributed by atoms with van der Waals surface area (Å²) in [5.74, 6) is 0.678. The van der Waals surface area contributed by atoms with Gasteiger partial charge < -0.3 is 14.6 Å². The molecule has 1 heterocycles. The second-order valence-electron chi connectivity index (χ2n) is 6.77. The van der Waals surface area contributed by atoms with Gasteiger partial charge in [-0.25, -0.2) is 4.79 Å². The van der Waals surface area contributed by atoms with E-state index in [-0.39, 0.29) is 11.4 Å². The molecular weight excluding hydrogens is 292 g/mol. The van der Waals surface area contributed by atoms with E-state index in [2.05, 4.69) is 19.9 Å². The molecule has 0 saturated carbocycles. The van der Waals surface area contributed by atoms with Crippen molar-refractivity contribution in [2.24, 2.45) is 5.92 Å². The van der Waals surface area contributed by atoms with Crippen LogP contribution < -0.4 is 4.74 Å². The van der Waals surface area contributed by atoms with Crippen molar-refractivity contribution in [3.63, 3.8) is 0 Å². The number of allylic oxidation sites excluding steroid dienone is 2. The number of rotatable bonds is 3. The van der Waals surface area contributed by atoms with Crippen molar-refractivity contribution in [2.45, 2.75) is 52.1 Å². The molecular formula is C19H24O4. The van der Waals surface area contributed by atoms with Crippen LogP contribution in [-0.2, 0) is 11.2 Å². The molecule has 1 aliphatic heterocycles. The summed E-state index contributed by atoms with van der Waals surface area (Å²) in [6, 6.07) is 3.15. The van der Waals surface area contributed by atoms with Crippen molar-refractivity contribution in [2.75, 3.05) is 6.61 Å². The van der Waals surface area contributed by atoms with Crippen LogP contribution in [0.5, 0.6) is 11.5 Å². The molecule has 0 bridgehead atoms. The molecule has 0 radical (unpaired) electrons. The van der Waals surface area contributed by atoms with Crippen molar-refractivity contribution in [1.82, 2.24) is 0 Å². The molecule has 4 heteroatoms. The van der Waals surface area contributed by atoms with Crippen molar-refractivity contribution in [1.29, 1.82) is 0 Å². The Labute approximate surface area is 137 Å². The number of fused-ring (bicyclic) bond motifs is 1. The van der Waals surface area contributed by atoms with E-state index in [1.165, 1.54) is 5.57 Å². The summed E-state index contributed by atoms with van der Waals surface area (Å²) in [5, 5.41) is 10.2. The van der Waals surface area contributed by atoms with Crippen LogP contribution in [0.3, 0.4) is 0 Å². The molecule has 0 fully saturated rings. The van der Waals surface area contributed by atoms with Crippen molar-refractivity contribution >= 4 is 5.97 Å². The van der Waals surface area contributed by atoms with Crippen molar-refractivity contribution in [3.8, 4) is 11.5 Å². The Morgan fingerprint density at radius 3 is 2.91 bits per heavy atom. The van der Waals surface area contributed by atoms with Gasteiger partial charge >= 0.3 is 5.97 Å². The quantitative estimate of drug-likeness (QED) is 0.676. The second-order valence-corrected chi connectivity index (χ2v) is 6.77.